The fraction of sp³-hybridized carbons (Fsp3) is 0.571. The van der Waals surface area contributed by atoms with Gasteiger partial charge in [0.15, 0.2) is 0 Å². The van der Waals surface area contributed by atoms with Gasteiger partial charge in [-0.3, -0.25) is 0 Å². The maximum Gasteiger partial charge on any atom is 0.0584 e. The molecule has 1 aromatic rings. The molecule has 1 aliphatic carbocycles. The molecule has 2 nitrogen and oxygen atoms in total. The van der Waals surface area contributed by atoms with Gasteiger partial charge >= 0.3 is 0 Å². The molecular weight excluding hydrogens is 198 g/mol. The first-order chi connectivity index (χ1) is 7.85. The zero-order chi connectivity index (χ0) is 11.4. The summed E-state index contributed by atoms with van der Waals surface area (Å²) in [5.74, 6) is 0.798. The van der Waals surface area contributed by atoms with E-state index in [1.807, 2.05) is 0 Å². The minimum atomic E-state index is 0.224. The highest BCUT2D eigenvalue weighted by Gasteiger charge is 2.25. The fourth-order valence-corrected chi connectivity index (χ4v) is 2.08. The summed E-state index contributed by atoms with van der Waals surface area (Å²) in [7, 11) is 0. The topological polar surface area (TPSA) is 32.3 Å². The van der Waals surface area contributed by atoms with Crippen molar-refractivity contribution in [3.05, 3.63) is 35.4 Å². The van der Waals surface area contributed by atoms with Crippen molar-refractivity contribution in [1.29, 1.82) is 0 Å². The second-order valence-electron chi connectivity index (χ2n) is 4.64. The number of benzene rings is 1. The number of rotatable bonds is 6. The first kappa shape index (κ1) is 11.6. The minimum absolute atomic E-state index is 0.224. The largest absolute Gasteiger partial charge is 0.395 e. The van der Waals surface area contributed by atoms with Crippen LogP contribution in [-0.4, -0.2) is 17.8 Å². The average Bonchev–Trinajstić information content (AvgIpc) is 3.15. The molecule has 0 amide bonds. The van der Waals surface area contributed by atoms with Crippen LogP contribution < -0.4 is 5.32 Å². The van der Waals surface area contributed by atoms with Crippen LogP contribution in [0.5, 0.6) is 0 Å². The van der Waals surface area contributed by atoms with Gasteiger partial charge < -0.3 is 10.4 Å². The average molecular weight is 219 g/mol. The summed E-state index contributed by atoms with van der Waals surface area (Å²) in [6.07, 6.45) is 3.66. The van der Waals surface area contributed by atoms with Gasteiger partial charge in [0.2, 0.25) is 0 Å². The van der Waals surface area contributed by atoms with Crippen LogP contribution in [0, 0.1) is 0 Å². The van der Waals surface area contributed by atoms with Crippen LogP contribution in [0.1, 0.15) is 43.2 Å². The predicted octanol–water partition coefficient (Wildman–Crippen LogP) is 2.42. The van der Waals surface area contributed by atoms with E-state index >= 15 is 0 Å². The Hall–Kier alpha value is -0.860. The Kier molecular flexibility index (Phi) is 3.97. The van der Waals surface area contributed by atoms with Crippen LogP contribution in [0.2, 0.25) is 0 Å². The molecule has 0 heterocycles. The summed E-state index contributed by atoms with van der Waals surface area (Å²) in [6.45, 7) is 3.20. The van der Waals surface area contributed by atoms with E-state index in [0.29, 0.717) is 0 Å². The molecular formula is C14H21NO. The molecule has 0 spiro atoms. The van der Waals surface area contributed by atoms with Gasteiger partial charge in [0, 0.05) is 12.6 Å². The van der Waals surface area contributed by atoms with Crippen molar-refractivity contribution in [2.24, 2.45) is 0 Å². The van der Waals surface area contributed by atoms with Crippen LogP contribution in [0.3, 0.4) is 0 Å². The molecule has 88 valence electrons. The Bertz CT molecular complexity index is 329. The molecule has 0 aromatic heterocycles. The predicted molar refractivity (Wildman–Crippen MR) is 66.4 cm³/mol. The van der Waals surface area contributed by atoms with Crippen LogP contribution >= 0.6 is 0 Å². The zero-order valence-electron chi connectivity index (χ0n) is 9.95. The molecule has 0 saturated heterocycles. The lowest BCUT2D eigenvalue weighted by Crippen LogP contribution is -2.31. The normalized spacial score (nSPS) is 17.4. The van der Waals surface area contributed by atoms with Gasteiger partial charge in [-0.1, -0.05) is 31.2 Å². The Morgan fingerprint density at radius 3 is 2.75 bits per heavy atom. The summed E-state index contributed by atoms with van der Waals surface area (Å²) in [4.78, 5) is 0. The monoisotopic (exact) mass is 219 g/mol. The van der Waals surface area contributed by atoms with Crippen LogP contribution in [0.25, 0.3) is 0 Å². The second kappa shape index (κ2) is 5.46. The molecule has 0 unspecified atom stereocenters. The quantitative estimate of drug-likeness (QED) is 0.770. The Morgan fingerprint density at radius 2 is 2.12 bits per heavy atom. The maximum atomic E-state index is 9.13. The number of nitrogens with one attached hydrogen (secondary N) is 1. The lowest BCUT2D eigenvalue weighted by Gasteiger charge is -2.15. The van der Waals surface area contributed by atoms with Gasteiger partial charge in [-0.15, -0.1) is 0 Å². The summed E-state index contributed by atoms with van der Waals surface area (Å²) in [6, 6.07) is 8.90. The van der Waals surface area contributed by atoms with E-state index in [-0.39, 0.29) is 12.6 Å². The molecule has 0 aliphatic heterocycles. The van der Waals surface area contributed by atoms with Crippen molar-refractivity contribution in [1.82, 2.24) is 5.32 Å². The summed E-state index contributed by atoms with van der Waals surface area (Å²) >= 11 is 0. The molecule has 0 bridgehead atoms. The van der Waals surface area contributed by atoms with Crippen molar-refractivity contribution in [3.8, 4) is 0 Å². The van der Waals surface area contributed by atoms with Crippen LogP contribution in [0.15, 0.2) is 24.3 Å². The number of hydrogen-bond acceptors (Lipinski definition) is 2. The first-order valence-electron chi connectivity index (χ1n) is 6.27. The summed E-state index contributed by atoms with van der Waals surface area (Å²) in [5.41, 5.74) is 2.90. The van der Waals surface area contributed by atoms with E-state index in [2.05, 4.69) is 36.5 Å². The minimum Gasteiger partial charge on any atom is -0.395 e. The molecule has 16 heavy (non-hydrogen) atoms. The van der Waals surface area contributed by atoms with Gasteiger partial charge in [0.25, 0.3) is 0 Å². The molecule has 0 radical (unpaired) electrons. The van der Waals surface area contributed by atoms with E-state index in [1.165, 1.54) is 24.0 Å². The smallest absolute Gasteiger partial charge is 0.0584 e. The number of aliphatic hydroxyl groups is 1. The molecule has 1 aromatic carbocycles. The zero-order valence-corrected chi connectivity index (χ0v) is 9.95. The Balaban J connectivity index is 1.97. The van der Waals surface area contributed by atoms with Crippen molar-refractivity contribution in [3.63, 3.8) is 0 Å². The Morgan fingerprint density at radius 1 is 1.38 bits per heavy atom. The van der Waals surface area contributed by atoms with Gasteiger partial charge in [-0.25, -0.2) is 0 Å². The SMILES string of the molecule is CC[C@@H](CO)NCc1ccccc1C1CC1. The van der Waals surface area contributed by atoms with Gasteiger partial charge in [-0.05, 0) is 36.3 Å². The van der Waals surface area contributed by atoms with E-state index in [4.69, 9.17) is 5.11 Å². The molecule has 2 heteroatoms. The van der Waals surface area contributed by atoms with Crippen molar-refractivity contribution < 1.29 is 5.11 Å². The third-order valence-corrected chi connectivity index (χ3v) is 3.37. The molecule has 1 saturated carbocycles. The van der Waals surface area contributed by atoms with Crippen LogP contribution in [-0.2, 0) is 6.54 Å². The van der Waals surface area contributed by atoms with Crippen molar-refractivity contribution in [2.75, 3.05) is 6.61 Å². The third kappa shape index (κ3) is 2.83. The lowest BCUT2D eigenvalue weighted by molar-refractivity contribution is 0.238. The number of hydrogen-bond donors (Lipinski definition) is 2. The molecule has 1 fully saturated rings. The van der Waals surface area contributed by atoms with E-state index in [1.54, 1.807) is 0 Å². The molecule has 1 aliphatic rings. The standard InChI is InChI=1S/C14H21NO/c1-2-13(10-16)15-9-12-5-3-4-6-14(12)11-7-8-11/h3-6,11,13,15-16H,2,7-10H2,1H3/t13-/m0/s1. The van der Waals surface area contributed by atoms with Crippen LogP contribution in [0.4, 0.5) is 0 Å². The third-order valence-electron chi connectivity index (χ3n) is 3.37. The summed E-state index contributed by atoms with van der Waals surface area (Å²) in [5, 5.41) is 12.5. The van der Waals surface area contributed by atoms with Crippen molar-refractivity contribution >= 4 is 0 Å². The highest BCUT2D eigenvalue weighted by Crippen LogP contribution is 2.41. The molecule has 1 atom stereocenters. The molecule has 2 N–H and O–H groups in total. The van der Waals surface area contributed by atoms with E-state index < -0.39 is 0 Å². The maximum absolute atomic E-state index is 9.13. The summed E-state index contributed by atoms with van der Waals surface area (Å²) < 4.78 is 0. The fourth-order valence-electron chi connectivity index (χ4n) is 2.08. The van der Waals surface area contributed by atoms with E-state index in [9.17, 15) is 0 Å². The van der Waals surface area contributed by atoms with Crippen molar-refractivity contribution in [2.45, 2.75) is 44.7 Å². The second-order valence-corrected chi connectivity index (χ2v) is 4.64. The highest BCUT2D eigenvalue weighted by molar-refractivity contribution is 5.33. The van der Waals surface area contributed by atoms with Gasteiger partial charge in [0.05, 0.1) is 6.61 Å². The lowest BCUT2D eigenvalue weighted by atomic mass is 10.0. The van der Waals surface area contributed by atoms with Gasteiger partial charge in [-0.2, -0.15) is 0 Å². The highest BCUT2D eigenvalue weighted by atomic mass is 16.3. The Labute approximate surface area is 97.7 Å². The van der Waals surface area contributed by atoms with Gasteiger partial charge in [0.1, 0.15) is 0 Å². The van der Waals surface area contributed by atoms with E-state index in [0.717, 1.165) is 18.9 Å². The number of aliphatic hydroxyl groups excluding tert-OH is 1. The first-order valence-corrected chi connectivity index (χ1v) is 6.27. The molecule has 2 rings (SSSR count).